The molecule has 0 bridgehead atoms. The van der Waals surface area contributed by atoms with E-state index in [-0.39, 0.29) is 15.8 Å². The van der Waals surface area contributed by atoms with Gasteiger partial charge in [0.05, 0.1) is 33.3 Å². The van der Waals surface area contributed by atoms with Gasteiger partial charge in [-0.2, -0.15) is 5.10 Å². The number of thiophene rings is 1. The molecule has 1 amide bonds. The summed E-state index contributed by atoms with van der Waals surface area (Å²) in [5, 5.41) is 16.0. The number of nitro groups is 1. The molecule has 166 valence electrons. The molecule has 0 radical (unpaired) electrons. The standard InChI is InChI=1S/C21H21N5O4S2/c1-4-30-15-6-5-7-16-19(15)22-21(32-16)24(10-11-25-14(3)12-13(2)23-25)20(27)17-8-9-18(31-17)26(28)29/h5-9,12H,4,10-11H2,1-3H3. The van der Waals surface area contributed by atoms with Crippen LogP contribution in [0.5, 0.6) is 5.75 Å². The summed E-state index contributed by atoms with van der Waals surface area (Å²) in [5.74, 6) is 0.326. The molecule has 0 aliphatic heterocycles. The number of carbonyl (C=O) groups is 1. The third-order valence-corrected chi connectivity index (χ3v) is 6.84. The molecular weight excluding hydrogens is 450 g/mol. The molecule has 0 saturated carbocycles. The third kappa shape index (κ3) is 4.34. The Balaban J connectivity index is 1.71. The van der Waals surface area contributed by atoms with Gasteiger partial charge in [0.25, 0.3) is 5.91 Å². The number of anilines is 1. The Labute approximate surface area is 192 Å². The maximum Gasteiger partial charge on any atom is 0.324 e. The van der Waals surface area contributed by atoms with Gasteiger partial charge in [-0.05, 0) is 45.0 Å². The molecule has 0 spiro atoms. The molecule has 11 heteroatoms. The Morgan fingerprint density at radius 2 is 2.06 bits per heavy atom. The van der Waals surface area contributed by atoms with Gasteiger partial charge in [-0.3, -0.25) is 24.5 Å². The van der Waals surface area contributed by atoms with Crippen molar-refractivity contribution in [3.05, 3.63) is 62.8 Å². The van der Waals surface area contributed by atoms with E-state index < -0.39 is 4.92 Å². The average molecular weight is 472 g/mol. The molecule has 32 heavy (non-hydrogen) atoms. The van der Waals surface area contributed by atoms with Gasteiger partial charge in [0, 0.05) is 18.3 Å². The van der Waals surface area contributed by atoms with Crippen molar-refractivity contribution in [2.24, 2.45) is 0 Å². The zero-order chi connectivity index (χ0) is 22.8. The Kier molecular flexibility index (Phi) is 6.19. The number of nitrogens with zero attached hydrogens (tertiary/aromatic N) is 5. The molecule has 0 aliphatic carbocycles. The molecule has 9 nitrogen and oxygen atoms in total. The van der Waals surface area contributed by atoms with E-state index in [1.165, 1.54) is 23.5 Å². The summed E-state index contributed by atoms with van der Waals surface area (Å²) in [6, 6.07) is 10.5. The monoisotopic (exact) mass is 471 g/mol. The van der Waals surface area contributed by atoms with E-state index in [0.29, 0.717) is 36.1 Å². The fraction of sp³-hybridized carbons (Fsp3) is 0.286. The van der Waals surface area contributed by atoms with Gasteiger partial charge in [-0.25, -0.2) is 4.98 Å². The molecule has 0 saturated heterocycles. The highest BCUT2D eigenvalue weighted by molar-refractivity contribution is 7.22. The first-order valence-corrected chi connectivity index (χ1v) is 11.6. The Morgan fingerprint density at radius 3 is 2.72 bits per heavy atom. The lowest BCUT2D eigenvalue weighted by Crippen LogP contribution is -2.33. The first-order chi connectivity index (χ1) is 15.4. The van der Waals surface area contributed by atoms with Crippen LogP contribution in [0.4, 0.5) is 10.1 Å². The fourth-order valence-electron chi connectivity index (χ4n) is 3.35. The summed E-state index contributed by atoms with van der Waals surface area (Å²) in [5.41, 5.74) is 2.58. The second kappa shape index (κ2) is 9.05. The first kappa shape index (κ1) is 21.9. The maximum atomic E-state index is 13.4. The van der Waals surface area contributed by atoms with E-state index in [1.807, 2.05) is 49.7 Å². The number of benzene rings is 1. The molecule has 0 aliphatic rings. The van der Waals surface area contributed by atoms with Crippen LogP contribution >= 0.6 is 22.7 Å². The lowest BCUT2D eigenvalue weighted by molar-refractivity contribution is -0.380. The third-order valence-electron chi connectivity index (χ3n) is 4.77. The van der Waals surface area contributed by atoms with Crippen LogP contribution in [0.15, 0.2) is 36.4 Å². The maximum absolute atomic E-state index is 13.4. The number of fused-ring (bicyclic) bond motifs is 1. The van der Waals surface area contributed by atoms with Crippen molar-refractivity contribution >= 4 is 48.9 Å². The quantitative estimate of drug-likeness (QED) is 0.269. The van der Waals surface area contributed by atoms with E-state index >= 15 is 0 Å². The predicted octanol–water partition coefficient (Wildman–Crippen LogP) is 4.83. The number of thiazole rings is 1. The summed E-state index contributed by atoms with van der Waals surface area (Å²) in [4.78, 5) is 30.6. The number of amides is 1. The van der Waals surface area contributed by atoms with Crippen LogP contribution in [0.1, 0.15) is 28.0 Å². The SMILES string of the molecule is CCOc1cccc2sc(N(CCn3nc(C)cc3C)C(=O)c3ccc([N+](=O)[O-])s3)nc12. The Hall–Kier alpha value is -3.31. The highest BCUT2D eigenvalue weighted by Gasteiger charge is 2.25. The van der Waals surface area contributed by atoms with E-state index in [4.69, 9.17) is 9.72 Å². The topological polar surface area (TPSA) is 103 Å². The molecule has 0 atom stereocenters. The molecule has 4 aromatic rings. The highest BCUT2D eigenvalue weighted by Crippen LogP contribution is 2.35. The average Bonchev–Trinajstić information content (AvgIpc) is 3.47. The number of aromatic nitrogens is 3. The van der Waals surface area contributed by atoms with Crippen LogP contribution in [-0.4, -0.2) is 38.7 Å². The summed E-state index contributed by atoms with van der Waals surface area (Å²) in [6.45, 7) is 7.07. The van der Waals surface area contributed by atoms with Crippen molar-refractivity contribution in [3.63, 3.8) is 0 Å². The molecule has 0 fully saturated rings. The Bertz CT molecular complexity index is 1290. The van der Waals surface area contributed by atoms with Gasteiger partial charge in [0.15, 0.2) is 5.13 Å². The molecule has 3 heterocycles. The van der Waals surface area contributed by atoms with Gasteiger partial charge < -0.3 is 4.74 Å². The van der Waals surface area contributed by atoms with Crippen LogP contribution in [0.3, 0.4) is 0 Å². The van der Waals surface area contributed by atoms with Crippen LogP contribution < -0.4 is 9.64 Å². The van der Waals surface area contributed by atoms with Crippen molar-refractivity contribution in [2.75, 3.05) is 18.1 Å². The van der Waals surface area contributed by atoms with Crippen molar-refractivity contribution in [3.8, 4) is 5.75 Å². The van der Waals surface area contributed by atoms with Crippen molar-refractivity contribution in [2.45, 2.75) is 27.3 Å². The Morgan fingerprint density at radius 1 is 1.25 bits per heavy atom. The van der Waals surface area contributed by atoms with Crippen LogP contribution in [0, 0.1) is 24.0 Å². The van der Waals surface area contributed by atoms with Gasteiger partial charge in [0.1, 0.15) is 11.3 Å². The van der Waals surface area contributed by atoms with Crippen LogP contribution in [0.25, 0.3) is 10.2 Å². The lowest BCUT2D eigenvalue weighted by Gasteiger charge is -2.19. The normalized spacial score (nSPS) is 11.1. The van der Waals surface area contributed by atoms with E-state index in [1.54, 1.807) is 4.90 Å². The van der Waals surface area contributed by atoms with Crippen molar-refractivity contribution in [1.82, 2.24) is 14.8 Å². The van der Waals surface area contributed by atoms with Crippen LogP contribution in [-0.2, 0) is 6.54 Å². The fourth-order valence-corrected chi connectivity index (χ4v) is 5.13. The summed E-state index contributed by atoms with van der Waals surface area (Å²) in [7, 11) is 0. The minimum absolute atomic E-state index is 0.0743. The molecule has 1 aromatic carbocycles. The van der Waals surface area contributed by atoms with Crippen molar-refractivity contribution < 1.29 is 14.5 Å². The number of hydrogen-bond donors (Lipinski definition) is 0. The van der Waals surface area contributed by atoms with Gasteiger partial charge in [0.2, 0.25) is 0 Å². The molecule has 0 N–H and O–H groups in total. The minimum atomic E-state index is -0.492. The van der Waals surface area contributed by atoms with E-state index in [2.05, 4.69) is 5.10 Å². The summed E-state index contributed by atoms with van der Waals surface area (Å²) >= 11 is 2.24. The zero-order valence-electron chi connectivity index (χ0n) is 17.8. The number of ether oxygens (including phenoxy) is 1. The number of para-hydroxylation sites is 1. The van der Waals surface area contributed by atoms with E-state index in [0.717, 1.165) is 27.4 Å². The lowest BCUT2D eigenvalue weighted by atomic mass is 10.3. The largest absolute Gasteiger partial charge is 0.492 e. The number of aryl methyl sites for hydroxylation is 2. The molecule has 4 rings (SSSR count). The minimum Gasteiger partial charge on any atom is -0.492 e. The van der Waals surface area contributed by atoms with Gasteiger partial charge in [-0.15, -0.1) is 0 Å². The molecular formula is C21H21N5O4S2. The zero-order valence-corrected chi connectivity index (χ0v) is 19.4. The number of hydrogen-bond acceptors (Lipinski definition) is 8. The second-order valence-corrected chi connectivity index (χ2v) is 9.11. The smallest absolute Gasteiger partial charge is 0.324 e. The van der Waals surface area contributed by atoms with Gasteiger partial charge >= 0.3 is 5.00 Å². The number of carbonyl (C=O) groups excluding carboxylic acids is 1. The van der Waals surface area contributed by atoms with E-state index in [9.17, 15) is 14.9 Å². The summed E-state index contributed by atoms with van der Waals surface area (Å²) < 4.78 is 8.42. The van der Waals surface area contributed by atoms with Crippen molar-refractivity contribution in [1.29, 1.82) is 0 Å². The molecule has 3 aromatic heterocycles. The second-order valence-electron chi connectivity index (χ2n) is 7.03. The summed E-state index contributed by atoms with van der Waals surface area (Å²) in [6.07, 6.45) is 0. The predicted molar refractivity (Wildman–Crippen MR) is 125 cm³/mol. The van der Waals surface area contributed by atoms with Crippen LogP contribution in [0.2, 0.25) is 0 Å². The number of rotatable bonds is 8. The highest BCUT2D eigenvalue weighted by atomic mass is 32.1. The first-order valence-electron chi connectivity index (χ1n) is 9.97. The van der Waals surface area contributed by atoms with Gasteiger partial charge in [-0.1, -0.05) is 28.7 Å². The molecule has 0 unspecified atom stereocenters.